The maximum atomic E-state index is 4.44. The molecule has 2 aromatic heterocycles. The first kappa shape index (κ1) is 12.0. The highest BCUT2D eigenvalue weighted by molar-refractivity contribution is 7.09. The number of aryl methyl sites for hydroxylation is 2. The van der Waals surface area contributed by atoms with Gasteiger partial charge in [0, 0.05) is 24.0 Å². The van der Waals surface area contributed by atoms with Crippen LogP contribution in [0.3, 0.4) is 0 Å². The second-order valence-corrected chi connectivity index (χ2v) is 5.00. The summed E-state index contributed by atoms with van der Waals surface area (Å²) in [5.74, 6) is 1.22. The van der Waals surface area contributed by atoms with Crippen LogP contribution in [0.25, 0.3) is 0 Å². The average molecular weight is 248 g/mol. The maximum Gasteiger partial charge on any atom is 0.144 e. The van der Waals surface area contributed by atoms with Crippen LogP contribution in [0.1, 0.15) is 29.2 Å². The van der Waals surface area contributed by atoms with Crippen molar-refractivity contribution in [2.75, 3.05) is 11.9 Å². The van der Waals surface area contributed by atoms with E-state index in [0.717, 1.165) is 28.8 Å². The Kier molecular flexibility index (Phi) is 3.68. The van der Waals surface area contributed by atoms with Gasteiger partial charge in [-0.05, 0) is 13.8 Å². The Bertz CT molecular complexity index is 481. The molecule has 0 bridgehead atoms. The standard InChI is InChI=1S/C12H16N4S/c1-8(12-13-4-5-17-12)6-15-11-7-14-9(2)10(3)16-11/h4-5,7-8H,6H2,1-3H3,(H,15,16). The van der Waals surface area contributed by atoms with E-state index in [1.54, 1.807) is 17.5 Å². The smallest absolute Gasteiger partial charge is 0.144 e. The highest BCUT2D eigenvalue weighted by Crippen LogP contribution is 2.18. The molecule has 0 aromatic carbocycles. The summed E-state index contributed by atoms with van der Waals surface area (Å²) in [4.78, 5) is 13.0. The van der Waals surface area contributed by atoms with Gasteiger partial charge in [0.2, 0.25) is 0 Å². The van der Waals surface area contributed by atoms with E-state index in [4.69, 9.17) is 0 Å². The fourth-order valence-electron chi connectivity index (χ4n) is 1.45. The largest absolute Gasteiger partial charge is 0.368 e. The van der Waals surface area contributed by atoms with Gasteiger partial charge in [-0.15, -0.1) is 11.3 Å². The van der Waals surface area contributed by atoms with Gasteiger partial charge in [0.1, 0.15) is 5.82 Å². The van der Waals surface area contributed by atoms with Crippen molar-refractivity contribution in [3.63, 3.8) is 0 Å². The molecule has 0 aliphatic rings. The lowest BCUT2D eigenvalue weighted by atomic mass is 10.2. The molecule has 1 unspecified atom stereocenters. The summed E-state index contributed by atoms with van der Waals surface area (Å²) < 4.78 is 0. The number of anilines is 1. The van der Waals surface area contributed by atoms with E-state index < -0.39 is 0 Å². The highest BCUT2D eigenvalue weighted by atomic mass is 32.1. The zero-order chi connectivity index (χ0) is 12.3. The SMILES string of the molecule is Cc1ncc(NCC(C)c2nccs2)nc1C. The Morgan fingerprint density at radius 1 is 1.29 bits per heavy atom. The van der Waals surface area contributed by atoms with E-state index >= 15 is 0 Å². The van der Waals surface area contributed by atoms with Gasteiger partial charge in [-0.1, -0.05) is 6.92 Å². The molecule has 0 aliphatic carbocycles. The monoisotopic (exact) mass is 248 g/mol. The molecule has 0 saturated carbocycles. The third kappa shape index (κ3) is 3.00. The number of nitrogens with zero attached hydrogens (tertiary/aromatic N) is 3. The van der Waals surface area contributed by atoms with Crippen LogP contribution in [0.5, 0.6) is 0 Å². The van der Waals surface area contributed by atoms with E-state index in [-0.39, 0.29) is 0 Å². The summed E-state index contributed by atoms with van der Waals surface area (Å²) in [6.07, 6.45) is 3.61. The van der Waals surface area contributed by atoms with Crippen LogP contribution >= 0.6 is 11.3 Å². The number of hydrogen-bond donors (Lipinski definition) is 1. The fourth-order valence-corrected chi connectivity index (χ4v) is 2.15. The zero-order valence-electron chi connectivity index (χ0n) is 10.3. The molecule has 90 valence electrons. The minimum Gasteiger partial charge on any atom is -0.368 e. The first-order valence-electron chi connectivity index (χ1n) is 5.60. The van der Waals surface area contributed by atoms with Gasteiger partial charge in [-0.3, -0.25) is 4.98 Å². The maximum absolute atomic E-state index is 4.44. The first-order valence-corrected chi connectivity index (χ1v) is 6.48. The predicted molar refractivity (Wildman–Crippen MR) is 70.5 cm³/mol. The summed E-state index contributed by atoms with van der Waals surface area (Å²) in [5, 5.41) is 6.44. The molecule has 1 N–H and O–H groups in total. The molecule has 0 saturated heterocycles. The molecule has 1 atom stereocenters. The van der Waals surface area contributed by atoms with Crippen molar-refractivity contribution >= 4 is 17.2 Å². The van der Waals surface area contributed by atoms with Crippen LogP contribution in [-0.4, -0.2) is 21.5 Å². The third-order valence-corrected chi connectivity index (χ3v) is 3.66. The van der Waals surface area contributed by atoms with Crippen LogP contribution in [0.2, 0.25) is 0 Å². The molecule has 2 heterocycles. The van der Waals surface area contributed by atoms with Crippen LogP contribution in [0.15, 0.2) is 17.8 Å². The molecule has 4 nitrogen and oxygen atoms in total. The summed E-state index contributed by atoms with van der Waals surface area (Å²) in [7, 11) is 0. The Hall–Kier alpha value is -1.49. The van der Waals surface area contributed by atoms with Crippen molar-refractivity contribution in [1.82, 2.24) is 15.0 Å². The molecule has 5 heteroatoms. The second kappa shape index (κ2) is 5.23. The van der Waals surface area contributed by atoms with Crippen molar-refractivity contribution < 1.29 is 0 Å². The Labute approximate surface area is 105 Å². The summed E-state index contributed by atoms with van der Waals surface area (Å²) in [6, 6.07) is 0. The van der Waals surface area contributed by atoms with Gasteiger partial charge in [-0.2, -0.15) is 0 Å². The molecular weight excluding hydrogens is 232 g/mol. The van der Waals surface area contributed by atoms with Gasteiger partial charge in [-0.25, -0.2) is 9.97 Å². The number of aromatic nitrogens is 3. The molecule has 0 aliphatic heterocycles. The van der Waals surface area contributed by atoms with Crippen molar-refractivity contribution in [3.05, 3.63) is 34.2 Å². The van der Waals surface area contributed by atoms with Gasteiger partial charge in [0.05, 0.1) is 22.6 Å². The number of hydrogen-bond acceptors (Lipinski definition) is 5. The van der Waals surface area contributed by atoms with Crippen LogP contribution in [-0.2, 0) is 0 Å². The predicted octanol–water partition coefficient (Wildman–Crippen LogP) is 2.77. The summed E-state index contributed by atoms with van der Waals surface area (Å²) in [5.41, 5.74) is 1.94. The quantitative estimate of drug-likeness (QED) is 0.904. The van der Waals surface area contributed by atoms with Crippen molar-refractivity contribution in [1.29, 1.82) is 0 Å². The van der Waals surface area contributed by atoms with Crippen molar-refractivity contribution in [3.8, 4) is 0 Å². The van der Waals surface area contributed by atoms with E-state index in [2.05, 4.69) is 27.2 Å². The van der Waals surface area contributed by atoms with Crippen molar-refractivity contribution in [2.24, 2.45) is 0 Å². The molecule has 0 fully saturated rings. The molecule has 0 spiro atoms. The third-order valence-electron chi connectivity index (χ3n) is 2.65. The van der Waals surface area contributed by atoms with Crippen molar-refractivity contribution in [2.45, 2.75) is 26.7 Å². The minimum atomic E-state index is 0.387. The first-order chi connectivity index (χ1) is 8.16. The summed E-state index contributed by atoms with van der Waals surface area (Å²) >= 11 is 1.68. The molecule has 17 heavy (non-hydrogen) atoms. The number of rotatable bonds is 4. The van der Waals surface area contributed by atoms with Crippen LogP contribution < -0.4 is 5.32 Å². The van der Waals surface area contributed by atoms with E-state index in [9.17, 15) is 0 Å². The highest BCUT2D eigenvalue weighted by Gasteiger charge is 2.08. The van der Waals surface area contributed by atoms with Crippen LogP contribution in [0, 0.1) is 13.8 Å². The lowest BCUT2D eigenvalue weighted by molar-refractivity contribution is 0.790. The normalized spacial score (nSPS) is 12.4. The lowest BCUT2D eigenvalue weighted by Crippen LogP contribution is -2.11. The molecular formula is C12H16N4S. The Balaban J connectivity index is 1.96. The lowest BCUT2D eigenvalue weighted by Gasteiger charge is -2.11. The molecule has 2 rings (SSSR count). The Morgan fingerprint density at radius 3 is 2.76 bits per heavy atom. The topological polar surface area (TPSA) is 50.7 Å². The Morgan fingerprint density at radius 2 is 2.12 bits per heavy atom. The number of thiazole rings is 1. The molecule has 0 amide bonds. The molecule has 2 aromatic rings. The van der Waals surface area contributed by atoms with E-state index in [1.807, 2.05) is 25.4 Å². The second-order valence-electron chi connectivity index (χ2n) is 4.08. The zero-order valence-corrected chi connectivity index (χ0v) is 11.1. The molecule has 0 radical (unpaired) electrons. The number of nitrogens with one attached hydrogen (secondary N) is 1. The summed E-state index contributed by atoms with van der Waals surface area (Å²) in [6.45, 7) is 6.91. The van der Waals surface area contributed by atoms with Gasteiger partial charge in [0.25, 0.3) is 0 Å². The van der Waals surface area contributed by atoms with Crippen LogP contribution in [0.4, 0.5) is 5.82 Å². The average Bonchev–Trinajstić information content (AvgIpc) is 2.84. The van der Waals surface area contributed by atoms with Gasteiger partial charge in [0.15, 0.2) is 0 Å². The fraction of sp³-hybridized carbons (Fsp3) is 0.417. The minimum absolute atomic E-state index is 0.387. The van der Waals surface area contributed by atoms with E-state index in [0.29, 0.717) is 5.92 Å². The van der Waals surface area contributed by atoms with Gasteiger partial charge >= 0.3 is 0 Å². The van der Waals surface area contributed by atoms with E-state index in [1.165, 1.54) is 0 Å². The van der Waals surface area contributed by atoms with Gasteiger partial charge < -0.3 is 5.32 Å².